The van der Waals surface area contributed by atoms with Gasteiger partial charge in [0.15, 0.2) is 5.82 Å². The fraction of sp³-hybridized carbons (Fsp3) is 0.111. The van der Waals surface area contributed by atoms with Crippen molar-refractivity contribution in [3.8, 4) is 5.82 Å². The number of alkyl halides is 2. The lowest BCUT2D eigenvalue weighted by atomic mass is 10.3. The molecule has 0 radical (unpaired) electrons. The molecule has 0 aliphatic carbocycles. The Labute approximate surface area is 105 Å². The van der Waals surface area contributed by atoms with Gasteiger partial charge in [0.1, 0.15) is 4.90 Å². The molecule has 0 N–H and O–H groups in total. The predicted molar refractivity (Wildman–Crippen MR) is 59.4 cm³/mol. The lowest BCUT2D eigenvalue weighted by Crippen LogP contribution is -1.99. The van der Waals surface area contributed by atoms with Crippen molar-refractivity contribution < 1.29 is 17.2 Å². The van der Waals surface area contributed by atoms with E-state index in [-0.39, 0.29) is 16.3 Å². The maximum absolute atomic E-state index is 12.5. The van der Waals surface area contributed by atoms with Crippen molar-refractivity contribution in [3.63, 3.8) is 0 Å². The first-order chi connectivity index (χ1) is 8.38. The van der Waals surface area contributed by atoms with Gasteiger partial charge in [-0.25, -0.2) is 26.9 Å². The average molecular weight is 294 g/mol. The Morgan fingerprint density at radius 1 is 1.39 bits per heavy atom. The van der Waals surface area contributed by atoms with Crippen LogP contribution in [0, 0.1) is 0 Å². The number of pyridine rings is 1. The Morgan fingerprint density at radius 3 is 2.67 bits per heavy atom. The monoisotopic (exact) mass is 293 g/mol. The first-order valence-electron chi connectivity index (χ1n) is 4.62. The highest BCUT2D eigenvalue weighted by Gasteiger charge is 2.14. The topological polar surface area (TPSA) is 64.8 Å². The number of rotatable bonds is 3. The van der Waals surface area contributed by atoms with Gasteiger partial charge in [-0.2, -0.15) is 5.10 Å². The van der Waals surface area contributed by atoms with Crippen LogP contribution in [0.4, 0.5) is 8.78 Å². The Hall–Kier alpha value is -1.54. The Bertz CT molecular complexity index is 672. The molecule has 2 aromatic rings. The summed E-state index contributed by atoms with van der Waals surface area (Å²) < 4.78 is 48.1. The Kier molecular flexibility index (Phi) is 3.31. The number of nitrogens with zero attached hydrogens (tertiary/aromatic N) is 3. The van der Waals surface area contributed by atoms with Crippen molar-refractivity contribution in [2.45, 2.75) is 11.3 Å². The zero-order valence-corrected chi connectivity index (χ0v) is 10.2. The van der Waals surface area contributed by atoms with Crippen molar-refractivity contribution in [1.29, 1.82) is 0 Å². The van der Waals surface area contributed by atoms with E-state index in [1.54, 1.807) is 0 Å². The van der Waals surface area contributed by atoms with Crippen molar-refractivity contribution in [2.75, 3.05) is 0 Å². The molecule has 18 heavy (non-hydrogen) atoms. The molecule has 0 aromatic carbocycles. The van der Waals surface area contributed by atoms with Crippen LogP contribution in [0.5, 0.6) is 0 Å². The molecule has 2 rings (SSSR count). The quantitative estimate of drug-likeness (QED) is 0.813. The standard InChI is InChI=1S/C9H6ClF2N3O2S/c10-18(16,17)7-4-14-15(5-7)8-3-6(9(11)12)1-2-13-8/h1-5,9H. The summed E-state index contributed by atoms with van der Waals surface area (Å²) >= 11 is 0. The second-order valence-electron chi connectivity index (χ2n) is 3.31. The lowest BCUT2D eigenvalue weighted by Gasteiger charge is -2.02. The zero-order valence-electron chi connectivity index (χ0n) is 8.66. The maximum Gasteiger partial charge on any atom is 0.264 e. The molecule has 0 aliphatic heterocycles. The van der Waals surface area contributed by atoms with E-state index in [0.717, 1.165) is 29.2 Å². The van der Waals surface area contributed by atoms with Gasteiger partial charge in [0.2, 0.25) is 0 Å². The minimum Gasteiger partial charge on any atom is -0.237 e. The van der Waals surface area contributed by atoms with E-state index < -0.39 is 15.5 Å². The number of hydrogen-bond donors (Lipinski definition) is 0. The van der Waals surface area contributed by atoms with E-state index in [1.165, 1.54) is 6.20 Å². The molecule has 0 saturated carbocycles. The van der Waals surface area contributed by atoms with Gasteiger partial charge in [-0.05, 0) is 12.1 Å². The molecule has 0 unspecified atom stereocenters. The minimum absolute atomic E-state index is 0.0827. The molecule has 0 atom stereocenters. The number of halogens is 3. The van der Waals surface area contributed by atoms with Crippen LogP contribution in [0.15, 0.2) is 35.6 Å². The molecule has 2 aromatic heterocycles. The third-order valence-corrected chi connectivity index (χ3v) is 3.41. The summed E-state index contributed by atoms with van der Waals surface area (Å²) in [5.74, 6) is 0.0827. The van der Waals surface area contributed by atoms with E-state index in [2.05, 4.69) is 10.1 Å². The number of hydrogen-bond acceptors (Lipinski definition) is 4. The van der Waals surface area contributed by atoms with E-state index in [0.29, 0.717) is 0 Å². The molecular formula is C9H6ClF2N3O2S. The zero-order chi connectivity index (χ0) is 13.3. The third kappa shape index (κ3) is 2.65. The van der Waals surface area contributed by atoms with E-state index in [4.69, 9.17) is 10.7 Å². The molecule has 0 fully saturated rings. The molecule has 96 valence electrons. The van der Waals surface area contributed by atoms with Crippen molar-refractivity contribution in [3.05, 3.63) is 36.3 Å². The second-order valence-corrected chi connectivity index (χ2v) is 5.87. The Balaban J connectivity index is 2.43. The first-order valence-corrected chi connectivity index (χ1v) is 6.92. The highest BCUT2D eigenvalue weighted by molar-refractivity contribution is 8.13. The number of aromatic nitrogens is 3. The average Bonchev–Trinajstić information content (AvgIpc) is 2.78. The van der Waals surface area contributed by atoms with Crippen LogP contribution >= 0.6 is 10.7 Å². The van der Waals surface area contributed by atoms with Gasteiger partial charge >= 0.3 is 0 Å². The van der Waals surface area contributed by atoms with Crippen LogP contribution in [-0.4, -0.2) is 23.2 Å². The van der Waals surface area contributed by atoms with E-state index >= 15 is 0 Å². The van der Waals surface area contributed by atoms with E-state index in [1.807, 2.05) is 0 Å². The fourth-order valence-corrected chi connectivity index (χ4v) is 1.89. The van der Waals surface area contributed by atoms with Gasteiger partial charge < -0.3 is 0 Å². The summed E-state index contributed by atoms with van der Waals surface area (Å²) in [4.78, 5) is 3.59. The third-order valence-electron chi connectivity index (χ3n) is 2.10. The van der Waals surface area contributed by atoms with Gasteiger partial charge in [-0.1, -0.05) is 0 Å². The maximum atomic E-state index is 12.5. The van der Waals surface area contributed by atoms with Crippen molar-refractivity contribution in [1.82, 2.24) is 14.8 Å². The van der Waals surface area contributed by atoms with Gasteiger partial charge in [-0.3, -0.25) is 0 Å². The van der Waals surface area contributed by atoms with Gasteiger partial charge in [-0.15, -0.1) is 0 Å². The molecule has 0 spiro atoms. The SMILES string of the molecule is O=S(=O)(Cl)c1cnn(-c2cc(C(F)F)ccn2)c1. The lowest BCUT2D eigenvalue weighted by molar-refractivity contribution is 0.151. The fourth-order valence-electron chi connectivity index (χ4n) is 1.25. The van der Waals surface area contributed by atoms with Gasteiger partial charge in [0, 0.05) is 22.4 Å². The van der Waals surface area contributed by atoms with E-state index in [9.17, 15) is 17.2 Å². The van der Waals surface area contributed by atoms with Gasteiger partial charge in [0.25, 0.3) is 15.5 Å². The molecule has 2 heterocycles. The summed E-state index contributed by atoms with van der Waals surface area (Å²) in [5, 5.41) is 3.70. The highest BCUT2D eigenvalue weighted by Crippen LogP contribution is 2.20. The van der Waals surface area contributed by atoms with Crippen LogP contribution in [0.25, 0.3) is 5.82 Å². The largest absolute Gasteiger partial charge is 0.264 e. The second kappa shape index (κ2) is 4.62. The highest BCUT2D eigenvalue weighted by atomic mass is 35.7. The van der Waals surface area contributed by atoms with Crippen LogP contribution in [0.1, 0.15) is 12.0 Å². The van der Waals surface area contributed by atoms with Crippen molar-refractivity contribution >= 4 is 19.7 Å². The van der Waals surface area contributed by atoms with Crippen LogP contribution in [0.2, 0.25) is 0 Å². The van der Waals surface area contributed by atoms with Crippen LogP contribution < -0.4 is 0 Å². The predicted octanol–water partition coefficient (Wildman–Crippen LogP) is 2.13. The first kappa shape index (κ1) is 12.9. The molecule has 0 saturated heterocycles. The van der Waals surface area contributed by atoms with Gasteiger partial charge in [0.05, 0.1) is 12.4 Å². The summed E-state index contributed by atoms with van der Waals surface area (Å²) in [5.41, 5.74) is -0.231. The summed E-state index contributed by atoms with van der Waals surface area (Å²) in [6.45, 7) is 0. The molecule has 0 aliphatic rings. The summed E-state index contributed by atoms with van der Waals surface area (Å²) in [7, 11) is 1.22. The Morgan fingerprint density at radius 2 is 2.11 bits per heavy atom. The normalized spacial score (nSPS) is 12.0. The van der Waals surface area contributed by atoms with Crippen molar-refractivity contribution in [2.24, 2.45) is 0 Å². The minimum atomic E-state index is -3.90. The summed E-state index contributed by atoms with van der Waals surface area (Å²) in [6, 6.07) is 2.28. The van der Waals surface area contributed by atoms with Crippen LogP contribution in [-0.2, 0) is 9.05 Å². The molecule has 0 amide bonds. The smallest absolute Gasteiger partial charge is 0.237 e. The molecule has 5 nitrogen and oxygen atoms in total. The van der Waals surface area contributed by atoms with Crippen LogP contribution in [0.3, 0.4) is 0 Å². The molecule has 0 bridgehead atoms. The molecule has 9 heteroatoms. The molecular weight excluding hydrogens is 288 g/mol. The summed E-state index contributed by atoms with van der Waals surface area (Å²) in [6.07, 6.45) is 0.658.